The van der Waals surface area contributed by atoms with E-state index in [9.17, 15) is 4.79 Å². The van der Waals surface area contributed by atoms with Crippen LogP contribution in [0.25, 0.3) is 128 Å². The van der Waals surface area contributed by atoms with Gasteiger partial charge < -0.3 is 24.1 Å². The van der Waals surface area contributed by atoms with Crippen molar-refractivity contribution >= 4 is 114 Å². The van der Waals surface area contributed by atoms with Crippen LogP contribution in [0.4, 0.5) is 5.82 Å². The van der Waals surface area contributed by atoms with Gasteiger partial charge in [0, 0.05) is 94.9 Å². The van der Waals surface area contributed by atoms with Crippen LogP contribution in [-0.2, 0) is 0 Å². The van der Waals surface area contributed by atoms with E-state index in [1.807, 2.05) is 95.8 Å². The standard InChI is InChI=1S/C37H25N3.C24H17N.C13H9BrN2.C8H6Br2O.C5H6N2/c1-3-9-26(10-4-1)29-16-20-35-32(23-29)33-24-30(27-11-5-2-6-12-27)17-21-36(33)40(35)31-18-14-28(15-19-31)34-25-39-22-8-7-13-37(39)38-34;1-3-7-17(8-4-1)19-11-13-23-21(15-19)22-16-20(12-14-24(22)25-23)18-9-5-2-6-10-18;14-11-6-4-10(5-7-11)12-9-16-8-2-1-3-13(16)15-12;9-5-8(11)6-1-3-7(10)4-2-6;6-5-3-1-2-4-7-5/h1-25H;1-16,25H;1-9H;1-4H,5H2;1-4H,(H2,6,7). The van der Waals surface area contributed by atoms with E-state index in [1.54, 1.807) is 24.4 Å². The van der Waals surface area contributed by atoms with Gasteiger partial charge in [0.1, 0.15) is 17.1 Å². The molecule has 478 valence electrons. The fourth-order valence-electron chi connectivity index (χ4n) is 12.1. The molecule has 0 bridgehead atoms. The molecule has 0 atom stereocenters. The van der Waals surface area contributed by atoms with Crippen molar-refractivity contribution in [2.45, 2.75) is 0 Å². The summed E-state index contributed by atoms with van der Waals surface area (Å²) >= 11 is 9.83. The monoisotopic (exact) mass is 1470 g/mol. The number of hydrogen-bond acceptors (Lipinski definition) is 5. The van der Waals surface area contributed by atoms with Gasteiger partial charge in [-0.2, -0.15) is 0 Å². The van der Waals surface area contributed by atoms with Crippen LogP contribution < -0.4 is 5.73 Å². The number of nitrogens with zero attached hydrogens (tertiary/aromatic N) is 6. The van der Waals surface area contributed by atoms with E-state index < -0.39 is 0 Å². The number of aromatic amines is 1. The van der Waals surface area contributed by atoms with Crippen LogP contribution in [0.15, 0.2) is 361 Å². The normalized spacial score (nSPS) is 10.9. The summed E-state index contributed by atoms with van der Waals surface area (Å²) in [4.78, 5) is 27.7. The van der Waals surface area contributed by atoms with E-state index in [1.165, 1.54) is 88.1 Å². The molecular formula is C87H63Br3N8O. The van der Waals surface area contributed by atoms with Crippen molar-refractivity contribution in [2.75, 3.05) is 11.1 Å². The highest BCUT2D eigenvalue weighted by atomic mass is 79.9. The van der Waals surface area contributed by atoms with Crippen LogP contribution in [0, 0.1) is 0 Å². The van der Waals surface area contributed by atoms with E-state index in [0.29, 0.717) is 11.1 Å². The molecule has 11 aromatic carbocycles. The van der Waals surface area contributed by atoms with Crippen molar-refractivity contribution in [3.8, 4) is 72.7 Å². The van der Waals surface area contributed by atoms with Crippen LogP contribution in [0.3, 0.4) is 0 Å². The first-order valence-electron chi connectivity index (χ1n) is 32.3. The smallest absolute Gasteiger partial charge is 0.173 e. The van der Waals surface area contributed by atoms with Crippen molar-refractivity contribution in [2.24, 2.45) is 0 Å². The molecule has 0 fully saturated rings. The largest absolute Gasteiger partial charge is 0.384 e. The fraction of sp³-hybridized carbons (Fsp3) is 0.0115. The zero-order valence-electron chi connectivity index (χ0n) is 53.5. The predicted octanol–water partition coefficient (Wildman–Crippen LogP) is 23.5. The molecule has 0 aliphatic carbocycles. The summed E-state index contributed by atoms with van der Waals surface area (Å²) in [7, 11) is 0. The lowest BCUT2D eigenvalue weighted by Gasteiger charge is -2.09. The van der Waals surface area contributed by atoms with Gasteiger partial charge in [-0.05, 0) is 166 Å². The first-order chi connectivity index (χ1) is 48.7. The van der Waals surface area contributed by atoms with Gasteiger partial charge in [-0.1, -0.05) is 248 Å². The molecule has 0 saturated carbocycles. The molecule has 7 aromatic heterocycles. The highest BCUT2D eigenvalue weighted by Crippen LogP contribution is 2.39. The molecule has 9 nitrogen and oxygen atoms in total. The van der Waals surface area contributed by atoms with Gasteiger partial charge in [-0.15, -0.1) is 0 Å². The molecule has 0 amide bonds. The number of nitrogens with one attached hydrogen (secondary N) is 1. The van der Waals surface area contributed by atoms with Crippen molar-refractivity contribution < 1.29 is 4.79 Å². The molecule has 7 heterocycles. The second-order valence-electron chi connectivity index (χ2n) is 23.5. The maximum atomic E-state index is 11.1. The van der Waals surface area contributed by atoms with Gasteiger partial charge in [0.25, 0.3) is 0 Å². The van der Waals surface area contributed by atoms with Gasteiger partial charge in [0.2, 0.25) is 0 Å². The Morgan fingerprint density at radius 1 is 0.374 bits per heavy atom. The molecule has 12 heteroatoms. The number of carbonyl (C=O) groups excluding carboxylic acids is 1. The maximum absolute atomic E-state index is 11.1. The van der Waals surface area contributed by atoms with Crippen LogP contribution in [0.1, 0.15) is 10.4 Å². The summed E-state index contributed by atoms with van der Waals surface area (Å²) in [6, 6.07) is 111. The average molecular weight is 1480 g/mol. The van der Waals surface area contributed by atoms with Crippen molar-refractivity contribution in [1.82, 2.24) is 33.3 Å². The molecular weight excluding hydrogens is 1410 g/mol. The number of rotatable bonds is 9. The number of alkyl halides is 1. The molecule has 0 spiro atoms. The highest BCUT2D eigenvalue weighted by molar-refractivity contribution is 9.10. The van der Waals surface area contributed by atoms with Gasteiger partial charge in [0.15, 0.2) is 5.78 Å². The molecule has 0 unspecified atom stereocenters. The van der Waals surface area contributed by atoms with Crippen LogP contribution >= 0.6 is 47.8 Å². The minimum absolute atomic E-state index is 0.109. The zero-order valence-corrected chi connectivity index (χ0v) is 58.3. The number of aromatic nitrogens is 7. The van der Waals surface area contributed by atoms with E-state index >= 15 is 0 Å². The molecule has 99 heavy (non-hydrogen) atoms. The van der Waals surface area contributed by atoms with E-state index in [0.717, 1.165) is 54.0 Å². The Labute approximate surface area is 598 Å². The van der Waals surface area contributed by atoms with Crippen molar-refractivity contribution in [3.63, 3.8) is 0 Å². The number of pyridine rings is 3. The lowest BCUT2D eigenvalue weighted by atomic mass is 10.0. The molecule has 0 saturated heterocycles. The number of ketones is 1. The van der Waals surface area contributed by atoms with Crippen LogP contribution in [0.5, 0.6) is 0 Å². The lowest BCUT2D eigenvalue weighted by Crippen LogP contribution is -1.98. The Morgan fingerprint density at radius 3 is 1.13 bits per heavy atom. The topological polar surface area (TPSA) is 111 Å². The number of halogens is 3. The molecule has 0 aliphatic heterocycles. The fourth-order valence-corrected chi connectivity index (χ4v) is 12.9. The number of H-pyrrole nitrogens is 1. The Balaban J connectivity index is 0.000000120. The third kappa shape index (κ3) is 15.0. The van der Waals surface area contributed by atoms with Gasteiger partial charge >= 0.3 is 0 Å². The van der Waals surface area contributed by atoms with Gasteiger partial charge in [0.05, 0.1) is 27.8 Å². The quantitative estimate of drug-likeness (QED) is 0.110. The third-order valence-electron chi connectivity index (χ3n) is 17.1. The SMILES string of the molecule is Brc1ccc(-c2cn3ccccc3n2)cc1.Nc1ccccn1.O=C(CBr)c1ccc(Br)cc1.c1ccc(-c2ccc3[nH]c4ccc(-c5ccccc5)cc4c3c2)cc1.c1ccc(-c2ccc3c(c2)c2cc(-c4ccccc4)ccc2n3-c2ccc(-c3cn4ccccc4n3)cc2)cc1. The predicted molar refractivity (Wildman–Crippen MR) is 422 cm³/mol. The molecule has 18 rings (SSSR count). The second-order valence-corrected chi connectivity index (χ2v) is 25.9. The molecule has 0 radical (unpaired) electrons. The number of imidazole rings is 2. The third-order valence-corrected chi connectivity index (χ3v) is 18.6. The van der Waals surface area contributed by atoms with Crippen LogP contribution in [0.2, 0.25) is 0 Å². The minimum Gasteiger partial charge on any atom is -0.384 e. The number of anilines is 1. The Kier molecular flexibility index (Phi) is 19.8. The lowest BCUT2D eigenvalue weighted by molar-refractivity contribution is 0.102. The summed E-state index contributed by atoms with van der Waals surface area (Å²) < 4.78 is 8.54. The number of Topliss-reactive ketones (excluding diaryl/α,β-unsaturated/α-hetero) is 1. The van der Waals surface area contributed by atoms with Gasteiger partial charge in [-0.25, -0.2) is 15.0 Å². The summed E-state index contributed by atoms with van der Waals surface area (Å²) in [5.74, 6) is 0.681. The van der Waals surface area contributed by atoms with Crippen molar-refractivity contribution in [1.29, 1.82) is 0 Å². The molecule has 18 aromatic rings. The van der Waals surface area contributed by atoms with E-state index in [-0.39, 0.29) is 5.78 Å². The second kappa shape index (κ2) is 30.3. The Bertz CT molecular complexity index is 5490. The number of carbonyl (C=O) groups is 1. The van der Waals surface area contributed by atoms with Gasteiger partial charge in [-0.3, -0.25) is 4.79 Å². The Morgan fingerprint density at radius 2 is 0.747 bits per heavy atom. The van der Waals surface area contributed by atoms with Crippen molar-refractivity contribution in [3.05, 3.63) is 367 Å². The number of fused-ring (bicyclic) bond motifs is 8. The first kappa shape index (κ1) is 64.8. The average Bonchev–Trinajstić information content (AvgIpc) is 1.59. The Hall–Kier alpha value is -11.5. The maximum Gasteiger partial charge on any atom is 0.173 e. The summed E-state index contributed by atoms with van der Waals surface area (Å²) in [6.07, 6.45) is 9.82. The van der Waals surface area contributed by atoms with Crippen LogP contribution in [-0.4, -0.2) is 44.4 Å². The number of hydrogen-bond donors (Lipinski definition) is 2. The number of nitrogens with two attached hydrogens (primary N) is 1. The zero-order chi connectivity index (χ0) is 67.4. The highest BCUT2D eigenvalue weighted by Gasteiger charge is 2.16. The van der Waals surface area contributed by atoms with E-state index in [2.05, 4.69) is 308 Å². The first-order valence-corrected chi connectivity index (χ1v) is 35.0. The summed E-state index contributed by atoms with van der Waals surface area (Å²) in [5.41, 5.74) is 27.9. The summed E-state index contributed by atoms with van der Waals surface area (Å²) in [5, 5.41) is 5.43. The number of nitrogen functional groups attached to an aromatic ring is 1. The summed E-state index contributed by atoms with van der Waals surface area (Å²) in [6.45, 7) is 0. The molecule has 0 aliphatic rings. The van der Waals surface area contributed by atoms with E-state index in [4.69, 9.17) is 10.7 Å². The number of benzene rings is 11. The minimum atomic E-state index is 0.109. The molecule has 3 N–H and O–H groups in total.